The maximum absolute atomic E-state index is 12.2. The van der Waals surface area contributed by atoms with Crippen molar-refractivity contribution in [1.29, 1.82) is 0 Å². The first-order valence-corrected chi connectivity index (χ1v) is 9.04. The summed E-state index contributed by atoms with van der Waals surface area (Å²) in [7, 11) is 0. The van der Waals surface area contributed by atoms with Crippen molar-refractivity contribution < 1.29 is 0 Å². The van der Waals surface area contributed by atoms with E-state index in [9.17, 15) is 4.79 Å². The lowest BCUT2D eigenvalue weighted by Gasteiger charge is -2.16. The molecule has 1 N–H and O–H groups in total. The number of pyridine rings is 2. The highest BCUT2D eigenvalue weighted by atomic mass is 16.1. The van der Waals surface area contributed by atoms with Crippen molar-refractivity contribution >= 4 is 11.5 Å². The Hall–Kier alpha value is -2.73. The van der Waals surface area contributed by atoms with Gasteiger partial charge in [-0.15, -0.1) is 0 Å². The summed E-state index contributed by atoms with van der Waals surface area (Å²) in [6.45, 7) is 5.68. The van der Waals surface area contributed by atoms with Gasteiger partial charge in [0.1, 0.15) is 11.5 Å². The SMILES string of the molecule is Cc1cccc(NCC2CCN(Cc3cc(=O)n4ccccc4n3)C2)n1. The number of aromatic nitrogens is 3. The van der Waals surface area contributed by atoms with Crippen LogP contribution in [0.4, 0.5) is 5.82 Å². The minimum atomic E-state index is -0.0199. The summed E-state index contributed by atoms with van der Waals surface area (Å²) in [6.07, 6.45) is 2.90. The van der Waals surface area contributed by atoms with Gasteiger partial charge in [0, 0.05) is 37.6 Å². The van der Waals surface area contributed by atoms with Crippen LogP contribution in [-0.2, 0) is 6.54 Å². The fourth-order valence-electron chi connectivity index (χ4n) is 3.53. The average molecular weight is 349 g/mol. The molecular weight excluding hydrogens is 326 g/mol. The molecule has 1 aliphatic rings. The van der Waals surface area contributed by atoms with Gasteiger partial charge in [0.25, 0.3) is 5.56 Å². The number of hydrogen-bond donors (Lipinski definition) is 1. The van der Waals surface area contributed by atoms with Gasteiger partial charge in [-0.3, -0.25) is 14.1 Å². The Balaban J connectivity index is 1.36. The summed E-state index contributed by atoms with van der Waals surface area (Å²) in [5.74, 6) is 1.52. The van der Waals surface area contributed by atoms with E-state index in [4.69, 9.17) is 0 Å². The van der Waals surface area contributed by atoms with Gasteiger partial charge in [0.15, 0.2) is 0 Å². The Kier molecular flexibility index (Phi) is 4.67. The van der Waals surface area contributed by atoms with Gasteiger partial charge in [0.05, 0.1) is 5.69 Å². The molecule has 0 saturated carbocycles. The molecule has 0 aromatic carbocycles. The third-order valence-corrected chi connectivity index (χ3v) is 4.84. The first-order chi connectivity index (χ1) is 12.7. The highest BCUT2D eigenvalue weighted by Crippen LogP contribution is 2.18. The third-order valence-electron chi connectivity index (χ3n) is 4.84. The van der Waals surface area contributed by atoms with E-state index < -0.39 is 0 Å². The van der Waals surface area contributed by atoms with Crippen LogP contribution in [0.25, 0.3) is 5.65 Å². The van der Waals surface area contributed by atoms with Gasteiger partial charge < -0.3 is 5.32 Å². The van der Waals surface area contributed by atoms with Gasteiger partial charge in [-0.2, -0.15) is 0 Å². The molecule has 4 rings (SSSR count). The Bertz CT molecular complexity index is 968. The van der Waals surface area contributed by atoms with E-state index in [0.29, 0.717) is 11.6 Å². The lowest BCUT2D eigenvalue weighted by Crippen LogP contribution is -2.25. The fourth-order valence-corrected chi connectivity index (χ4v) is 3.53. The van der Waals surface area contributed by atoms with Crippen LogP contribution in [0, 0.1) is 12.8 Å². The van der Waals surface area contributed by atoms with Crippen molar-refractivity contribution in [3.05, 3.63) is 70.4 Å². The Morgan fingerprint density at radius 2 is 2.12 bits per heavy atom. The molecule has 1 saturated heterocycles. The molecule has 1 atom stereocenters. The lowest BCUT2D eigenvalue weighted by molar-refractivity contribution is 0.315. The van der Waals surface area contributed by atoms with Crippen LogP contribution in [0.15, 0.2) is 53.5 Å². The molecule has 4 heterocycles. The van der Waals surface area contributed by atoms with E-state index in [-0.39, 0.29) is 5.56 Å². The van der Waals surface area contributed by atoms with Crippen LogP contribution in [0.5, 0.6) is 0 Å². The first kappa shape index (κ1) is 16.7. The summed E-state index contributed by atoms with van der Waals surface area (Å²) >= 11 is 0. The van der Waals surface area contributed by atoms with Crippen molar-refractivity contribution in [1.82, 2.24) is 19.3 Å². The van der Waals surface area contributed by atoms with E-state index in [0.717, 1.165) is 49.8 Å². The van der Waals surface area contributed by atoms with Crippen molar-refractivity contribution in [3.63, 3.8) is 0 Å². The maximum Gasteiger partial charge on any atom is 0.258 e. The van der Waals surface area contributed by atoms with Gasteiger partial charge in [-0.05, 0) is 50.1 Å². The molecule has 1 unspecified atom stereocenters. The maximum atomic E-state index is 12.2. The number of nitrogens with one attached hydrogen (secondary N) is 1. The van der Waals surface area contributed by atoms with Crippen molar-refractivity contribution in [2.24, 2.45) is 5.92 Å². The second-order valence-electron chi connectivity index (χ2n) is 6.95. The largest absolute Gasteiger partial charge is 0.370 e. The fraction of sp³-hybridized carbons (Fsp3) is 0.350. The van der Waals surface area contributed by atoms with E-state index in [1.165, 1.54) is 0 Å². The zero-order valence-corrected chi connectivity index (χ0v) is 14.9. The Labute approximate surface area is 152 Å². The second kappa shape index (κ2) is 7.25. The standard InChI is InChI=1S/C20H23N5O/c1-15-5-4-6-18(22-15)21-12-16-8-10-24(13-16)14-17-11-20(26)25-9-3-2-7-19(25)23-17/h2-7,9,11,16H,8,10,12-14H2,1H3,(H,21,22). The molecule has 0 spiro atoms. The predicted octanol–water partition coefficient (Wildman–Crippen LogP) is 2.33. The second-order valence-corrected chi connectivity index (χ2v) is 6.95. The molecule has 0 radical (unpaired) electrons. The summed E-state index contributed by atoms with van der Waals surface area (Å²) in [6, 6.07) is 13.3. The Morgan fingerprint density at radius 1 is 1.19 bits per heavy atom. The van der Waals surface area contributed by atoms with Gasteiger partial charge in [-0.1, -0.05) is 12.1 Å². The molecule has 134 valence electrons. The van der Waals surface area contributed by atoms with Crippen LogP contribution < -0.4 is 10.9 Å². The minimum Gasteiger partial charge on any atom is -0.370 e. The zero-order valence-electron chi connectivity index (χ0n) is 14.9. The molecule has 26 heavy (non-hydrogen) atoms. The summed E-state index contributed by atoms with van der Waals surface area (Å²) in [5, 5.41) is 3.44. The topological polar surface area (TPSA) is 62.5 Å². The smallest absolute Gasteiger partial charge is 0.258 e. The van der Waals surface area contributed by atoms with Crippen LogP contribution in [0.2, 0.25) is 0 Å². The quantitative estimate of drug-likeness (QED) is 0.766. The molecule has 6 nitrogen and oxygen atoms in total. The third kappa shape index (κ3) is 3.75. The van der Waals surface area contributed by atoms with Crippen LogP contribution in [0.1, 0.15) is 17.8 Å². The summed E-state index contributed by atoms with van der Waals surface area (Å²) in [5.41, 5.74) is 2.55. The molecule has 0 aliphatic carbocycles. The van der Waals surface area contributed by atoms with Gasteiger partial charge in [-0.25, -0.2) is 9.97 Å². The molecule has 0 bridgehead atoms. The van der Waals surface area contributed by atoms with E-state index in [2.05, 4.69) is 20.2 Å². The number of aryl methyl sites for hydroxylation is 1. The molecule has 1 fully saturated rings. The number of hydrogen-bond acceptors (Lipinski definition) is 5. The first-order valence-electron chi connectivity index (χ1n) is 9.04. The molecule has 0 amide bonds. The molecular formula is C20H23N5O. The predicted molar refractivity (Wildman–Crippen MR) is 102 cm³/mol. The van der Waals surface area contributed by atoms with Crippen LogP contribution >= 0.6 is 0 Å². The van der Waals surface area contributed by atoms with E-state index in [1.54, 1.807) is 16.7 Å². The highest BCUT2D eigenvalue weighted by molar-refractivity contribution is 5.38. The van der Waals surface area contributed by atoms with E-state index >= 15 is 0 Å². The average Bonchev–Trinajstić information content (AvgIpc) is 3.07. The van der Waals surface area contributed by atoms with Crippen molar-refractivity contribution in [2.75, 3.05) is 25.0 Å². The zero-order chi connectivity index (χ0) is 17.9. The number of rotatable bonds is 5. The van der Waals surface area contributed by atoms with Gasteiger partial charge in [0.2, 0.25) is 0 Å². The monoisotopic (exact) mass is 349 g/mol. The van der Waals surface area contributed by atoms with Crippen molar-refractivity contribution in [2.45, 2.75) is 19.9 Å². The minimum absolute atomic E-state index is 0.0199. The molecule has 1 aliphatic heterocycles. The Morgan fingerprint density at radius 3 is 3.00 bits per heavy atom. The van der Waals surface area contributed by atoms with Crippen LogP contribution in [0.3, 0.4) is 0 Å². The summed E-state index contributed by atoms with van der Waals surface area (Å²) in [4.78, 5) is 23.7. The molecule has 6 heteroatoms. The van der Waals surface area contributed by atoms with Crippen molar-refractivity contribution in [3.8, 4) is 0 Å². The summed E-state index contributed by atoms with van der Waals surface area (Å²) < 4.78 is 1.58. The lowest BCUT2D eigenvalue weighted by atomic mass is 10.1. The van der Waals surface area contributed by atoms with Crippen LogP contribution in [-0.4, -0.2) is 38.9 Å². The van der Waals surface area contributed by atoms with Gasteiger partial charge >= 0.3 is 0 Å². The number of nitrogens with zero attached hydrogens (tertiary/aromatic N) is 4. The number of anilines is 1. The highest BCUT2D eigenvalue weighted by Gasteiger charge is 2.23. The normalized spacial score (nSPS) is 17.7. The number of fused-ring (bicyclic) bond motifs is 1. The number of likely N-dealkylation sites (tertiary alicyclic amines) is 1. The van der Waals surface area contributed by atoms with E-state index in [1.807, 2.05) is 43.3 Å². The molecule has 3 aromatic rings. The molecule has 3 aromatic heterocycles.